The van der Waals surface area contributed by atoms with Crippen molar-refractivity contribution in [2.45, 2.75) is 32.2 Å². The summed E-state index contributed by atoms with van der Waals surface area (Å²) in [6.07, 6.45) is 1.63. The molecular weight excluding hydrogens is 260 g/mol. The summed E-state index contributed by atoms with van der Waals surface area (Å²) in [5.74, 6) is 0.310. The molecule has 0 saturated carbocycles. The SMILES string of the molecule is CCCOc1cccc(NC2(C)CCOC2)c1[N+](=O)[O-]. The number of rotatable bonds is 6. The van der Waals surface area contributed by atoms with E-state index in [2.05, 4.69) is 5.32 Å². The molecular formula is C14H20N2O4. The Bertz CT molecular complexity index is 484. The van der Waals surface area contributed by atoms with Gasteiger partial charge in [0.15, 0.2) is 5.75 Å². The molecule has 1 N–H and O–H groups in total. The molecule has 1 atom stereocenters. The third kappa shape index (κ3) is 3.19. The molecule has 0 aliphatic carbocycles. The Morgan fingerprint density at radius 3 is 2.95 bits per heavy atom. The first-order valence-electron chi connectivity index (χ1n) is 6.82. The molecule has 1 aliphatic rings. The number of hydrogen-bond donors (Lipinski definition) is 1. The Balaban J connectivity index is 2.29. The van der Waals surface area contributed by atoms with Crippen LogP contribution in [0.1, 0.15) is 26.7 Å². The third-order valence-corrected chi connectivity index (χ3v) is 3.30. The number of benzene rings is 1. The Morgan fingerprint density at radius 1 is 1.55 bits per heavy atom. The number of nitro groups is 1. The van der Waals surface area contributed by atoms with Crippen LogP contribution in [0.5, 0.6) is 5.75 Å². The van der Waals surface area contributed by atoms with E-state index in [1.807, 2.05) is 13.8 Å². The van der Waals surface area contributed by atoms with Crippen LogP contribution >= 0.6 is 0 Å². The largest absolute Gasteiger partial charge is 0.487 e. The van der Waals surface area contributed by atoms with Gasteiger partial charge in [0.2, 0.25) is 0 Å². The van der Waals surface area contributed by atoms with Gasteiger partial charge in [-0.3, -0.25) is 10.1 Å². The lowest BCUT2D eigenvalue weighted by Gasteiger charge is -2.25. The highest BCUT2D eigenvalue weighted by Gasteiger charge is 2.32. The second kappa shape index (κ2) is 6.09. The molecule has 0 radical (unpaired) electrons. The normalized spacial score (nSPS) is 21.7. The van der Waals surface area contributed by atoms with E-state index in [4.69, 9.17) is 9.47 Å². The van der Waals surface area contributed by atoms with Crippen molar-refractivity contribution in [3.63, 3.8) is 0 Å². The van der Waals surface area contributed by atoms with Crippen LogP contribution in [0.15, 0.2) is 18.2 Å². The number of anilines is 1. The monoisotopic (exact) mass is 280 g/mol. The molecule has 0 aromatic heterocycles. The van der Waals surface area contributed by atoms with Gasteiger partial charge in [-0.15, -0.1) is 0 Å². The minimum Gasteiger partial charge on any atom is -0.487 e. The molecule has 110 valence electrons. The molecule has 0 amide bonds. The van der Waals surface area contributed by atoms with Crippen LogP contribution in [-0.2, 0) is 4.74 Å². The maximum absolute atomic E-state index is 11.3. The van der Waals surface area contributed by atoms with Crippen molar-refractivity contribution in [1.82, 2.24) is 0 Å². The van der Waals surface area contributed by atoms with Crippen molar-refractivity contribution >= 4 is 11.4 Å². The quantitative estimate of drug-likeness (QED) is 0.640. The number of nitro benzene ring substituents is 1. The van der Waals surface area contributed by atoms with Crippen LogP contribution in [0.4, 0.5) is 11.4 Å². The van der Waals surface area contributed by atoms with E-state index in [1.165, 1.54) is 0 Å². The smallest absolute Gasteiger partial charge is 0.333 e. The van der Waals surface area contributed by atoms with Crippen molar-refractivity contribution < 1.29 is 14.4 Å². The van der Waals surface area contributed by atoms with Gasteiger partial charge in [-0.1, -0.05) is 13.0 Å². The highest BCUT2D eigenvalue weighted by molar-refractivity contribution is 5.69. The summed E-state index contributed by atoms with van der Waals surface area (Å²) in [7, 11) is 0. The summed E-state index contributed by atoms with van der Waals surface area (Å²) in [6.45, 7) is 5.65. The topological polar surface area (TPSA) is 73.6 Å². The van der Waals surface area contributed by atoms with Crippen molar-refractivity contribution in [3.05, 3.63) is 28.3 Å². The fourth-order valence-electron chi connectivity index (χ4n) is 2.23. The third-order valence-electron chi connectivity index (χ3n) is 3.30. The van der Waals surface area contributed by atoms with Crippen molar-refractivity contribution in [1.29, 1.82) is 0 Å². The molecule has 0 spiro atoms. The first kappa shape index (κ1) is 14.6. The molecule has 2 rings (SSSR count). The number of hydrogen-bond acceptors (Lipinski definition) is 5. The van der Waals surface area contributed by atoms with Gasteiger partial charge in [-0.2, -0.15) is 0 Å². The van der Waals surface area contributed by atoms with Gasteiger partial charge < -0.3 is 14.8 Å². The molecule has 1 aromatic rings. The average molecular weight is 280 g/mol. The van der Waals surface area contributed by atoms with Crippen molar-refractivity contribution in [2.75, 3.05) is 25.1 Å². The number of para-hydroxylation sites is 1. The fourth-order valence-corrected chi connectivity index (χ4v) is 2.23. The molecule has 1 fully saturated rings. The van der Waals surface area contributed by atoms with E-state index in [-0.39, 0.29) is 11.2 Å². The first-order valence-corrected chi connectivity index (χ1v) is 6.82. The predicted octanol–water partition coefficient (Wildman–Crippen LogP) is 2.97. The first-order chi connectivity index (χ1) is 9.56. The van der Waals surface area contributed by atoms with Crippen molar-refractivity contribution in [2.24, 2.45) is 0 Å². The zero-order valence-corrected chi connectivity index (χ0v) is 11.8. The van der Waals surface area contributed by atoms with Crippen LogP contribution in [0.2, 0.25) is 0 Å². The lowest BCUT2D eigenvalue weighted by Crippen LogP contribution is -2.35. The zero-order chi connectivity index (χ0) is 14.6. The minimum atomic E-state index is -0.396. The highest BCUT2D eigenvalue weighted by atomic mass is 16.6. The van der Waals surface area contributed by atoms with Gasteiger partial charge in [0.25, 0.3) is 0 Å². The molecule has 0 bridgehead atoms. The molecule has 6 nitrogen and oxygen atoms in total. The second-order valence-electron chi connectivity index (χ2n) is 5.25. The van der Waals surface area contributed by atoms with Crippen LogP contribution in [0.25, 0.3) is 0 Å². The molecule has 1 aromatic carbocycles. The van der Waals surface area contributed by atoms with E-state index >= 15 is 0 Å². The Labute approximate surface area is 118 Å². The van der Waals surface area contributed by atoms with Gasteiger partial charge in [0.05, 0.1) is 23.7 Å². The maximum atomic E-state index is 11.3. The second-order valence-corrected chi connectivity index (χ2v) is 5.25. The molecule has 1 heterocycles. The maximum Gasteiger partial charge on any atom is 0.333 e. The Hall–Kier alpha value is -1.82. The molecule has 1 aliphatic heterocycles. The molecule has 1 unspecified atom stereocenters. The predicted molar refractivity (Wildman–Crippen MR) is 76.3 cm³/mol. The summed E-state index contributed by atoms with van der Waals surface area (Å²) in [5, 5.41) is 14.6. The summed E-state index contributed by atoms with van der Waals surface area (Å²) in [6, 6.07) is 5.10. The van der Waals surface area contributed by atoms with Gasteiger partial charge >= 0.3 is 5.69 Å². The van der Waals surface area contributed by atoms with E-state index in [0.717, 1.165) is 12.8 Å². The zero-order valence-electron chi connectivity index (χ0n) is 11.8. The summed E-state index contributed by atoms with van der Waals surface area (Å²) >= 11 is 0. The average Bonchev–Trinajstić information content (AvgIpc) is 2.82. The van der Waals surface area contributed by atoms with Crippen LogP contribution in [-0.4, -0.2) is 30.3 Å². The molecule has 6 heteroatoms. The fraction of sp³-hybridized carbons (Fsp3) is 0.571. The lowest BCUT2D eigenvalue weighted by molar-refractivity contribution is -0.385. The van der Waals surface area contributed by atoms with E-state index in [1.54, 1.807) is 18.2 Å². The summed E-state index contributed by atoms with van der Waals surface area (Å²) in [4.78, 5) is 10.9. The van der Waals surface area contributed by atoms with Crippen LogP contribution in [0.3, 0.4) is 0 Å². The van der Waals surface area contributed by atoms with Crippen LogP contribution < -0.4 is 10.1 Å². The van der Waals surface area contributed by atoms with Gasteiger partial charge in [0, 0.05) is 6.61 Å². The summed E-state index contributed by atoms with van der Waals surface area (Å²) in [5.41, 5.74) is 0.208. The van der Waals surface area contributed by atoms with E-state index in [0.29, 0.717) is 31.3 Å². The number of nitrogens with one attached hydrogen (secondary N) is 1. The Kier molecular flexibility index (Phi) is 4.44. The van der Waals surface area contributed by atoms with Gasteiger partial charge in [-0.05, 0) is 31.9 Å². The Morgan fingerprint density at radius 2 is 2.35 bits per heavy atom. The van der Waals surface area contributed by atoms with Crippen LogP contribution in [0, 0.1) is 10.1 Å². The highest BCUT2D eigenvalue weighted by Crippen LogP contribution is 2.37. The van der Waals surface area contributed by atoms with E-state index < -0.39 is 4.92 Å². The van der Waals surface area contributed by atoms with E-state index in [9.17, 15) is 10.1 Å². The molecule has 20 heavy (non-hydrogen) atoms. The van der Waals surface area contributed by atoms with Crippen molar-refractivity contribution in [3.8, 4) is 5.75 Å². The number of nitrogens with zero attached hydrogens (tertiary/aromatic N) is 1. The molecule has 1 saturated heterocycles. The number of ether oxygens (including phenoxy) is 2. The summed E-state index contributed by atoms with van der Waals surface area (Å²) < 4.78 is 10.8. The van der Waals surface area contributed by atoms with Gasteiger partial charge in [0.1, 0.15) is 5.69 Å². The van der Waals surface area contributed by atoms with Gasteiger partial charge in [-0.25, -0.2) is 0 Å². The standard InChI is InChI=1S/C14H20N2O4/c1-3-8-20-12-6-4-5-11(13(12)16(17)18)15-14(2)7-9-19-10-14/h4-6,15H,3,7-10H2,1-2H3. The lowest BCUT2D eigenvalue weighted by atomic mass is 10.0. The minimum absolute atomic E-state index is 0.00549.